The molecule has 138 valence electrons. The van der Waals surface area contributed by atoms with Gasteiger partial charge in [0.2, 0.25) is 0 Å². The van der Waals surface area contributed by atoms with Gasteiger partial charge in [0.25, 0.3) is 0 Å². The highest BCUT2D eigenvalue weighted by molar-refractivity contribution is 7.80. The van der Waals surface area contributed by atoms with Gasteiger partial charge in [-0.1, -0.05) is 29.8 Å². The molecule has 0 aliphatic rings. The van der Waals surface area contributed by atoms with E-state index in [-0.39, 0.29) is 6.04 Å². The van der Waals surface area contributed by atoms with Crippen LogP contribution < -0.4 is 15.4 Å². The summed E-state index contributed by atoms with van der Waals surface area (Å²) in [4.78, 5) is 11.8. The first kappa shape index (κ1) is 20.0. The van der Waals surface area contributed by atoms with E-state index < -0.39 is 5.97 Å². The molecule has 26 heavy (non-hydrogen) atoms. The van der Waals surface area contributed by atoms with Crippen LogP contribution in [-0.2, 0) is 4.74 Å². The molecule has 0 amide bonds. The lowest BCUT2D eigenvalue weighted by Crippen LogP contribution is -2.39. The molecule has 2 aromatic carbocycles. The predicted octanol–water partition coefficient (Wildman–Crippen LogP) is 4.27. The number of ether oxygens (including phenoxy) is 2. The minimum absolute atomic E-state index is 0.00415. The summed E-state index contributed by atoms with van der Waals surface area (Å²) in [5.74, 6) is 0.359. The molecule has 0 radical (unpaired) electrons. The quantitative estimate of drug-likeness (QED) is 0.542. The maximum Gasteiger partial charge on any atom is 0.339 e. The molecule has 2 aromatic rings. The summed E-state index contributed by atoms with van der Waals surface area (Å²) in [7, 11) is 0. The number of benzene rings is 2. The van der Waals surface area contributed by atoms with Crippen LogP contribution in [-0.4, -0.2) is 30.3 Å². The van der Waals surface area contributed by atoms with E-state index >= 15 is 0 Å². The third-order valence-electron chi connectivity index (χ3n) is 3.34. The van der Waals surface area contributed by atoms with Gasteiger partial charge in [0.05, 0.1) is 23.2 Å². The number of rotatable bonds is 7. The van der Waals surface area contributed by atoms with Gasteiger partial charge in [0.1, 0.15) is 12.4 Å². The van der Waals surface area contributed by atoms with Gasteiger partial charge in [-0.15, -0.1) is 0 Å². The van der Waals surface area contributed by atoms with Crippen molar-refractivity contribution in [1.29, 1.82) is 0 Å². The first-order chi connectivity index (χ1) is 12.5. The topological polar surface area (TPSA) is 59.6 Å². The highest BCUT2D eigenvalue weighted by Crippen LogP contribution is 2.22. The fourth-order valence-corrected chi connectivity index (χ4v) is 2.71. The van der Waals surface area contributed by atoms with E-state index in [4.69, 9.17) is 33.3 Å². The molecule has 0 heterocycles. The molecule has 0 bridgehead atoms. The number of hydrogen-bond donors (Lipinski definition) is 2. The zero-order valence-electron chi connectivity index (χ0n) is 14.6. The monoisotopic (exact) mass is 392 g/mol. The normalized spacial score (nSPS) is 11.3. The smallest absolute Gasteiger partial charge is 0.339 e. The molecule has 0 aromatic heterocycles. The summed E-state index contributed by atoms with van der Waals surface area (Å²) in [5, 5.41) is 6.92. The standard InChI is InChI=1S/C19H21ClN2O3S/c1-3-24-18(23)16-10-9-14(11-17(16)20)22-19(26)21-13(2)12-25-15-7-5-4-6-8-15/h4-11,13H,3,12H2,1-2H3,(H2,21,22,26)/t13-/m1/s1. The minimum atomic E-state index is -0.448. The van der Waals surface area contributed by atoms with E-state index in [1.165, 1.54) is 0 Å². The molecule has 0 aliphatic carbocycles. The summed E-state index contributed by atoms with van der Waals surface area (Å²) in [5.41, 5.74) is 0.999. The number of esters is 1. The van der Waals surface area contributed by atoms with Gasteiger partial charge >= 0.3 is 5.97 Å². The van der Waals surface area contributed by atoms with Crippen molar-refractivity contribution < 1.29 is 14.3 Å². The summed E-state index contributed by atoms with van der Waals surface area (Å²) in [6.07, 6.45) is 0. The average molecular weight is 393 g/mol. The number of carbonyl (C=O) groups is 1. The summed E-state index contributed by atoms with van der Waals surface area (Å²) >= 11 is 11.4. The number of thiocarbonyl (C=S) groups is 1. The minimum Gasteiger partial charge on any atom is -0.491 e. The zero-order valence-corrected chi connectivity index (χ0v) is 16.2. The lowest BCUT2D eigenvalue weighted by atomic mass is 10.2. The van der Waals surface area contributed by atoms with E-state index in [1.807, 2.05) is 37.3 Å². The number of para-hydroxylation sites is 1. The van der Waals surface area contributed by atoms with Gasteiger partial charge in [0, 0.05) is 5.69 Å². The fraction of sp³-hybridized carbons (Fsp3) is 0.263. The molecule has 0 saturated heterocycles. The first-order valence-electron chi connectivity index (χ1n) is 8.21. The second-order valence-electron chi connectivity index (χ2n) is 5.54. The summed E-state index contributed by atoms with van der Waals surface area (Å²) in [6, 6.07) is 14.5. The van der Waals surface area contributed by atoms with Crippen molar-refractivity contribution in [3.8, 4) is 5.75 Å². The first-order valence-corrected chi connectivity index (χ1v) is 9.00. The van der Waals surface area contributed by atoms with Crippen molar-refractivity contribution in [2.24, 2.45) is 0 Å². The van der Waals surface area contributed by atoms with Crippen LogP contribution >= 0.6 is 23.8 Å². The van der Waals surface area contributed by atoms with Gasteiger partial charge in [-0.3, -0.25) is 0 Å². The lowest BCUT2D eigenvalue weighted by molar-refractivity contribution is 0.0526. The fourth-order valence-electron chi connectivity index (χ4n) is 2.14. The highest BCUT2D eigenvalue weighted by Gasteiger charge is 2.12. The lowest BCUT2D eigenvalue weighted by Gasteiger charge is -2.18. The SMILES string of the molecule is CCOC(=O)c1ccc(NC(=S)N[C@H](C)COc2ccccc2)cc1Cl. The number of nitrogens with one attached hydrogen (secondary N) is 2. The van der Waals surface area contributed by atoms with Crippen molar-refractivity contribution in [2.45, 2.75) is 19.9 Å². The highest BCUT2D eigenvalue weighted by atomic mass is 35.5. The molecule has 0 aliphatic heterocycles. The Hall–Kier alpha value is -2.31. The molecule has 0 fully saturated rings. The summed E-state index contributed by atoms with van der Waals surface area (Å²) < 4.78 is 10.6. The van der Waals surface area contributed by atoms with Gasteiger partial charge in [-0.25, -0.2) is 4.79 Å². The Morgan fingerprint density at radius 1 is 1.23 bits per heavy atom. The van der Waals surface area contributed by atoms with Crippen LogP contribution in [0, 0.1) is 0 Å². The molecule has 0 spiro atoms. The van der Waals surface area contributed by atoms with Gasteiger partial charge in [0.15, 0.2) is 5.11 Å². The molecular formula is C19H21ClN2O3S. The predicted molar refractivity (Wildman–Crippen MR) is 108 cm³/mol. The zero-order chi connectivity index (χ0) is 18.9. The third kappa shape index (κ3) is 6.20. The van der Waals surface area contributed by atoms with Crippen LogP contribution in [0.1, 0.15) is 24.2 Å². The van der Waals surface area contributed by atoms with Gasteiger partial charge in [-0.2, -0.15) is 0 Å². The molecule has 1 atom stereocenters. The van der Waals surface area contributed by atoms with Crippen molar-refractivity contribution >= 4 is 40.6 Å². The molecule has 2 N–H and O–H groups in total. The number of anilines is 1. The molecule has 5 nitrogen and oxygen atoms in total. The van der Waals surface area contributed by atoms with Crippen LogP contribution in [0.25, 0.3) is 0 Å². The van der Waals surface area contributed by atoms with E-state index in [2.05, 4.69) is 10.6 Å². The van der Waals surface area contributed by atoms with E-state index in [1.54, 1.807) is 25.1 Å². The Kier molecular flexibility index (Phi) is 7.69. The van der Waals surface area contributed by atoms with Crippen LogP contribution in [0.5, 0.6) is 5.75 Å². The Balaban J connectivity index is 1.85. The van der Waals surface area contributed by atoms with Crippen molar-refractivity contribution in [1.82, 2.24) is 5.32 Å². The number of hydrogen-bond acceptors (Lipinski definition) is 4. The van der Waals surface area contributed by atoms with Crippen LogP contribution in [0.15, 0.2) is 48.5 Å². The Labute approximate surface area is 163 Å². The largest absolute Gasteiger partial charge is 0.491 e. The van der Waals surface area contributed by atoms with Crippen molar-refractivity contribution in [3.05, 3.63) is 59.1 Å². The maximum absolute atomic E-state index is 11.8. The van der Waals surface area contributed by atoms with E-state index in [0.717, 1.165) is 5.75 Å². The van der Waals surface area contributed by atoms with Crippen LogP contribution in [0.2, 0.25) is 5.02 Å². The van der Waals surface area contributed by atoms with Gasteiger partial charge in [-0.05, 0) is 56.4 Å². The maximum atomic E-state index is 11.8. The van der Waals surface area contributed by atoms with Crippen molar-refractivity contribution in [3.63, 3.8) is 0 Å². The van der Waals surface area contributed by atoms with Crippen LogP contribution in [0.3, 0.4) is 0 Å². The molecule has 2 rings (SSSR count). The molecule has 0 saturated carbocycles. The van der Waals surface area contributed by atoms with Gasteiger partial charge < -0.3 is 20.1 Å². The molecule has 7 heteroatoms. The van der Waals surface area contributed by atoms with Crippen LogP contribution in [0.4, 0.5) is 5.69 Å². The molecular weight excluding hydrogens is 372 g/mol. The average Bonchev–Trinajstić information content (AvgIpc) is 2.61. The Morgan fingerprint density at radius 3 is 2.62 bits per heavy atom. The Bertz CT molecular complexity index is 756. The molecule has 0 unspecified atom stereocenters. The van der Waals surface area contributed by atoms with Crippen molar-refractivity contribution in [2.75, 3.05) is 18.5 Å². The Morgan fingerprint density at radius 2 is 1.96 bits per heavy atom. The van der Waals surface area contributed by atoms with E-state index in [0.29, 0.717) is 34.6 Å². The van der Waals surface area contributed by atoms with E-state index in [9.17, 15) is 4.79 Å². The second kappa shape index (κ2) is 9.99. The summed E-state index contributed by atoms with van der Waals surface area (Å²) in [6.45, 7) is 4.47. The number of carbonyl (C=O) groups excluding carboxylic acids is 1. The number of halogens is 1. The third-order valence-corrected chi connectivity index (χ3v) is 3.88. The second-order valence-corrected chi connectivity index (χ2v) is 6.35.